The average molecular weight is 974 g/mol. The van der Waals surface area contributed by atoms with Crippen molar-refractivity contribution in [2.75, 3.05) is 0 Å². The molecule has 0 bridgehead atoms. The average Bonchev–Trinajstić information content (AvgIpc) is 3.50. The second kappa shape index (κ2) is 18.8. The first-order valence-electron chi connectivity index (χ1n) is 24.8. The molecule has 5 heterocycles. The molecule has 0 spiro atoms. The Morgan fingerprint density at radius 3 is 0.842 bits per heavy atom. The molecule has 11 nitrogen and oxygen atoms in total. The second-order valence-electron chi connectivity index (χ2n) is 18.3. The van der Waals surface area contributed by atoms with E-state index in [2.05, 4.69) is 91.0 Å². The molecular weight excluding hydrogens is 935 g/mol. The van der Waals surface area contributed by atoms with Crippen molar-refractivity contribution in [3.05, 3.63) is 237 Å². The zero-order chi connectivity index (χ0) is 50.4. The minimum absolute atomic E-state index is 0.200. The van der Waals surface area contributed by atoms with Gasteiger partial charge in [-0.3, -0.25) is 9.97 Å². The molecule has 0 aliphatic rings. The number of benzene rings is 9. The van der Waals surface area contributed by atoms with Gasteiger partial charge in [-0.15, -0.1) is 0 Å². The van der Waals surface area contributed by atoms with Crippen LogP contribution in [0.15, 0.2) is 237 Å². The van der Waals surface area contributed by atoms with Gasteiger partial charge in [-0.05, 0) is 86.3 Å². The van der Waals surface area contributed by atoms with Gasteiger partial charge in [-0.2, -0.15) is 0 Å². The SMILES string of the molecule is c1ccc(-c2nc(-c3ccccc3)nc(-c3nc(-c4cc(-c5c6ccccc6cc6ncccc56)cc(-c5c6ccccc6cc6ncccc56)c4)nc(-c4nc(-c5ccccc5)nc(-c5ccccc5)n4)n3)n2)cc1. The zero-order valence-corrected chi connectivity index (χ0v) is 40.4. The van der Waals surface area contributed by atoms with Crippen LogP contribution in [0.4, 0.5) is 0 Å². The van der Waals surface area contributed by atoms with E-state index in [0.29, 0.717) is 34.7 Å². The number of fused-ring (bicyclic) bond motifs is 4. The number of hydrogen-bond donors (Lipinski definition) is 0. The minimum atomic E-state index is 0.200. The lowest BCUT2D eigenvalue weighted by Gasteiger charge is -2.17. The van der Waals surface area contributed by atoms with Crippen LogP contribution in [0.2, 0.25) is 0 Å². The van der Waals surface area contributed by atoms with Gasteiger partial charge in [-0.1, -0.05) is 182 Å². The third kappa shape index (κ3) is 8.20. The third-order valence-electron chi connectivity index (χ3n) is 13.5. The fourth-order valence-corrected chi connectivity index (χ4v) is 9.96. The smallest absolute Gasteiger partial charge is 0.202 e. The van der Waals surface area contributed by atoms with Crippen molar-refractivity contribution in [1.82, 2.24) is 54.8 Å². The molecule has 11 heteroatoms. The summed E-state index contributed by atoms with van der Waals surface area (Å²) < 4.78 is 0. The molecule has 14 rings (SSSR count). The Morgan fingerprint density at radius 2 is 0.474 bits per heavy atom. The van der Waals surface area contributed by atoms with Crippen LogP contribution in [-0.2, 0) is 0 Å². The summed E-state index contributed by atoms with van der Waals surface area (Å²) in [5.41, 5.74) is 9.61. The Labute approximate surface area is 435 Å². The Bertz CT molecular complexity index is 4020. The number of hydrogen-bond acceptors (Lipinski definition) is 11. The van der Waals surface area contributed by atoms with Crippen molar-refractivity contribution < 1.29 is 0 Å². The molecule has 0 atom stereocenters. The van der Waals surface area contributed by atoms with Crippen molar-refractivity contribution in [3.63, 3.8) is 0 Å². The maximum Gasteiger partial charge on any atom is 0.202 e. The predicted molar refractivity (Wildman–Crippen MR) is 301 cm³/mol. The normalized spacial score (nSPS) is 11.4. The van der Waals surface area contributed by atoms with Crippen LogP contribution in [0.3, 0.4) is 0 Å². The van der Waals surface area contributed by atoms with Crippen molar-refractivity contribution in [2.24, 2.45) is 0 Å². The quantitative estimate of drug-likeness (QED) is 0.128. The third-order valence-corrected chi connectivity index (χ3v) is 13.5. The molecule has 76 heavy (non-hydrogen) atoms. The molecular formula is C65H39N11. The van der Waals surface area contributed by atoms with E-state index in [-0.39, 0.29) is 23.3 Å². The van der Waals surface area contributed by atoms with Crippen LogP contribution in [0, 0.1) is 0 Å². The highest BCUT2D eigenvalue weighted by atomic mass is 15.1. The van der Waals surface area contributed by atoms with E-state index in [1.807, 2.05) is 146 Å². The first kappa shape index (κ1) is 44.1. The molecule has 0 unspecified atom stereocenters. The van der Waals surface area contributed by atoms with Gasteiger partial charge in [0, 0.05) is 51.0 Å². The fourth-order valence-electron chi connectivity index (χ4n) is 9.96. The highest BCUT2D eigenvalue weighted by molar-refractivity contribution is 6.15. The zero-order valence-electron chi connectivity index (χ0n) is 40.4. The lowest BCUT2D eigenvalue weighted by atomic mass is 9.88. The first-order chi connectivity index (χ1) is 37.6. The Balaban J connectivity index is 1.09. The maximum atomic E-state index is 5.38. The summed E-state index contributed by atoms with van der Waals surface area (Å²) in [4.78, 5) is 56.3. The van der Waals surface area contributed by atoms with Gasteiger partial charge in [0.25, 0.3) is 0 Å². The fraction of sp³-hybridized carbons (Fsp3) is 0. The molecule has 0 aliphatic carbocycles. The molecule has 0 amide bonds. The van der Waals surface area contributed by atoms with E-state index in [1.54, 1.807) is 0 Å². The largest absolute Gasteiger partial charge is 0.256 e. The summed E-state index contributed by atoms with van der Waals surface area (Å²) in [5, 5.41) is 6.29. The van der Waals surface area contributed by atoms with E-state index in [9.17, 15) is 0 Å². The van der Waals surface area contributed by atoms with Gasteiger partial charge in [0.1, 0.15) is 0 Å². The van der Waals surface area contributed by atoms with Gasteiger partial charge >= 0.3 is 0 Å². The van der Waals surface area contributed by atoms with E-state index >= 15 is 0 Å². The van der Waals surface area contributed by atoms with Gasteiger partial charge in [0.05, 0.1) is 11.0 Å². The molecule has 0 saturated heterocycles. The van der Waals surface area contributed by atoms with Crippen LogP contribution in [0.5, 0.6) is 0 Å². The van der Waals surface area contributed by atoms with Gasteiger partial charge in [0.2, 0.25) is 23.3 Å². The summed E-state index contributed by atoms with van der Waals surface area (Å²) in [6.07, 6.45) is 3.68. The van der Waals surface area contributed by atoms with Crippen LogP contribution in [0.25, 0.3) is 146 Å². The molecule has 0 aliphatic heterocycles. The maximum absolute atomic E-state index is 5.38. The molecule has 0 saturated carbocycles. The van der Waals surface area contributed by atoms with E-state index in [0.717, 1.165) is 87.9 Å². The standard InChI is InChI=1S/C65H39N11/c1-5-19-40(20-6-1)57-68-58(41-21-7-2-8-22-41)71-62(70-57)64-74-61(75-65(76-64)63-72-59(42-23-9-3-10-24-42)69-60(73-63)43-25-11-4-12-26-43)48-36-46(55-49-29-15-13-27-44(49)38-53-51(55)31-17-33-66-53)35-47(37-48)56-50-30-16-14-28-45(50)39-54-52(56)32-18-34-67-54/h1-39H. The summed E-state index contributed by atoms with van der Waals surface area (Å²) in [6, 6.07) is 75.4. The lowest BCUT2D eigenvalue weighted by Crippen LogP contribution is -2.08. The summed E-state index contributed by atoms with van der Waals surface area (Å²) >= 11 is 0. The minimum Gasteiger partial charge on any atom is -0.256 e. The van der Waals surface area contributed by atoms with Crippen molar-refractivity contribution in [3.8, 4) is 102 Å². The predicted octanol–water partition coefficient (Wildman–Crippen LogP) is 14.6. The van der Waals surface area contributed by atoms with Crippen molar-refractivity contribution >= 4 is 43.4 Å². The Hall–Kier alpha value is -10.7. The number of aromatic nitrogens is 11. The molecule has 14 aromatic rings. The molecule has 9 aromatic carbocycles. The lowest BCUT2D eigenvalue weighted by molar-refractivity contribution is 0.978. The van der Waals surface area contributed by atoms with Crippen LogP contribution in [0.1, 0.15) is 0 Å². The van der Waals surface area contributed by atoms with E-state index in [4.69, 9.17) is 54.8 Å². The van der Waals surface area contributed by atoms with Gasteiger partial charge in [0.15, 0.2) is 29.1 Å². The van der Waals surface area contributed by atoms with E-state index in [1.165, 1.54) is 0 Å². The van der Waals surface area contributed by atoms with Gasteiger partial charge in [-0.25, -0.2) is 44.9 Å². The molecule has 0 radical (unpaired) electrons. The number of nitrogens with zero attached hydrogens (tertiary/aromatic N) is 11. The topological polar surface area (TPSA) is 142 Å². The van der Waals surface area contributed by atoms with Crippen molar-refractivity contribution in [2.45, 2.75) is 0 Å². The molecule has 0 N–H and O–H groups in total. The van der Waals surface area contributed by atoms with Crippen LogP contribution >= 0.6 is 0 Å². The Morgan fingerprint density at radius 1 is 0.197 bits per heavy atom. The summed E-state index contributed by atoms with van der Waals surface area (Å²) in [6.45, 7) is 0. The summed E-state index contributed by atoms with van der Waals surface area (Å²) in [7, 11) is 0. The highest BCUT2D eigenvalue weighted by Crippen LogP contribution is 2.43. The number of rotatable bonds is 9. The number of pyridine rings is 2. The second-order valence-corrected chi connectivity index (χ2v) is 18.3. The monoisotopic (exact) mass is 973 g/mol. The molecule has 5 aromatic heterocycles. The van der Waals surface area contributed by atoms with Crippen molar-refractivity contribution in [1.29, 1.82) is 0 Å². The van der Waals surface area contributed by atoms with Crippen LogP contribution < -0.4 is 0 Å². The van der Waals surface area contributed by atoms with E-state index < -0.39 is 0 Å². The highest BCUT2D eigenvalue weighted by Gasteiger charge is 2.23. The van der Waals surface area contributed by atoms with Crippen LogP contribution in [-0.4, -0.2) is 54.8 Å². The summed E-state index contributed by atoms with van der Waals surface area (Å²) in [5.74, 6) is 3.08. The first-order valence-corrected chi connectivity index (χ1v) is 24.8. The van der Waals surface area contributed by atoms with Gasteiger partial charge < -0.3 is 0 Å². The molecule has 0 fully saturated rings. The Kier molecular flexibility index (Phi) is 10.9. The molecule has 354 valence electrons.